The molecule has 0 aliphatic carbocycles. The first-order chi connectivity index (χ1) is 8.88. The van der Waals surface area contributed by atoms with Crippen molar-refractivity contribution in [1.29, 1.82) is 0 Å². The van der Waals surface area contributed by atoms with Crippen molar-refractivity contribution in [3.63, 3.8) is 0 Å². The molecule has 1 aliphatic rings. The Morgan fingerprint density at radius 3 is 3.00 bits per heavy atom. The van der Waals surface area contributed by atoms with E-state index < -0.39 is 0 Å². The Bertz CT molecular complexity index is 430. The topological polar surface area (TPSA) is 37.4 Å². The molecule has 2 rings (SSSR count). The number of aromatic nitrogens is 1. The molecule has 0 spiro atoms. The van der Waals surface area contributed by atoms with Crippen LogP contribution in [0.5, 0.6) is 5.75 Å². The number of ether oxygens (including phenoxy) is 1. The maximum Gasteiger partial charge on any atom is 0.138 e. The summed E-state index contributed by atoms with van der Waals surface area (Å²) in [5.41, 5.74) is 0.913. The van der Waals surface area contributed by atoms with Gasteiger partial charge in [-0.2, -0.15) is 0 Å². The lowest BCUT2D eigenvalue weighted by atomic mass is 10.2. The molecule has 0 saturated carbocycles. The fraction of sp³-hybridized carbons (Fsp3) is 0.500. The van der Waals surface area contributed by atoms with Crippen LogP contribution in [-0.4, -0.2) is 49.2 Å². The molecule has 4 heteroatoms. The number of rotatable bonds is 3. The minimum atomic E-state index is 0.652. The number of nitrogens with one attached hydrogen (secondary N) is 1. The third-order valence-electron chi connectivity index (χ3n) is 2.77. The average molecular weight is 245 g/mol. The van der Waals surface area contributed by atoms with E-state index in [1.807, 2.05) is 13.0 Å². The number of piperazine rings is 1. The summed E-state index contributed by atoms with van der Waals surface area (Å²) in [5.74, 6) is 7.11. The molecule has 0 aromatic carbocycles. The van der Waals surface area contributed by atoms with Gasteiger partial charge in [0.1, 0.15) is 5.75 Å². The first kappa shape index (κ1) is 12.9. The molecule has 4 nitrogen and oxygen atoms in total. The van der Waals surface area contributed by atoms with Gasteiger partial charge in [0.25, 0.3) is 0 Å². The van der Waals surface area contributed by atoms with E-state index in [-0.39, 0.29) is 0 Å². The summed E-state index contributed by atoms with van der Waals surface area (Å²) in [7, 11) is 0. The Morgan fingerprint density at radius 1 is 1.39 bits per heavy atom. The molecule has 1 aromatic heterocycles. The molecule has 1 saturated heterocycles. The first-order valence-electron chi connectivity index (χ1n) is 6.38. The number of pyridine rings is 1. The normalized spacial score (nSPS) is 15.8. The van der Waals surface area contributed by atoms with E-state index in [1.54, 1.807) is 12.4 Å². The van der Waals surface area contributed by atoms with Crippen LogP contribution in [0.3, 0.4) is 0 Å². The Labute approximate surface area is 108 Å². The van der Waals surface area contributed by atoms with Gasteiger partial charge in [0.15, 0.2) is 0 Å². The Balaban J connectivity index is 1.90. The van der Waals surface area contributed by atoms with Crippen LogP contribution >= 0.6 is 0 Å². The van der Waals surface area contributed by atoms with Gasteiger partial charge in [-0.05, 0) is 13.0 Å². The van der Waals surface area contributed by atoms with Crippen LogP contribution in [0, 0.1) is 11.8 Å². The van der Waals surface area contributed by atoms with E-state index in [9.17, 15) is 0 Å². The molecular formula is C14H19N3O. The van der Waals surface area contributed by atoms with Crippen molar-refractivity contribution in [1.82, 2.24) is 15.2 Å². The lowest BCUT2D eigenvalue weighted by Gasteiger charge is -2.24. The van der Waals surface area contributed by atoms with Gasteiger partial charge in [0, 0.05) is 37.9 Å². The Hall–Kier alpha value is -1.57. The third-order valence-corrected chi connectivity index (χ3v) is 2.77. The standard InChI is InChI=1S/C14H19N3O/c1-2-18-14-10-13(11-16-12-14)4-3-7-17-8-5-15-6-9-17/h10-12,15H,2,5-9H2,1H3. The minimum Gasteiger partial charge on any atom is -0.492 e. The molecule has 0 amide bonds. The summed E-state index contributed by atoms with van der Waals surface area (Å²) in [4.78, 5) is 6.47. The quantitative estimate of drug-likeness (QED) is 0.797. The maximum atomic E-state index is 5.39. The van der Waals surface area contributed by atoms with Crippen molar-refractivity contribution in [2.24, 2.45) is 0 Å². The molecule has 2 heterocycles. The molecule has 0 atom stereocenters. The van der Waals surface area contributed by atoms with Crippen molar-refractivity contribution in [3.05, 3.63) is 24.0 Å². The second-order valence-corrected chi connectivity index (χ2v) is 4.17. The van der Waals surface area contributed by atoms with Crippen LogP contribution < -0.4 is 10.1 Å². The van der Waals surface area contributed by atoms with E-state index in [2.05, 4.69) is 27.0 Å². The van der Waals surface area contributed by atoms with Gasteiger partial charge in [-0.15, -0.1) is 0 Å². The number of nitrogens with zero attached hydrogens (tertiary/aromatic N) is 2. The smallest absolute Gasteiger partial charge is 0.138 e. The van der Waals surface area contributed by atoms with Gasteiger partial charge in [0.2, 0.25) is 0 Å². The van der Waals surface area contributed by atoms with Crippen LogP contribution in [0.15, 0.2) is 18.5 Å². The number of hydrogen-bond acceptors (Lipinski definition) is 4. The zero-order valence-electron chi connectivity index (χ0n) is 10.8. The Morgan fingerprint density at radius 2 is 2.22 bits per heavy atom. The van der Waals surface area contributed by atoms with Crippen LogP contribution in [0.2, 0.25) is 0 Å². The van der Waals surface area contributed by atoms with E-state index >= 15 is 0 Å². The fourth-order valence-electron chi connectivity index (χ4n) is 1.86. The first-order valence-corrected chi connectivity index (χ1v) is 6.38. The maximum absolute atomic E-state index is 5.39. The highest BCUT2D eigenvalue weighted by molar-refractivity contribution is 5.36. The van der Waals surface area contributed by atoms with Crippen LogP contribution in [0.1, 0.15) is 12.5 Å². The highest BCUT2D eigenvalue weighted by Crippen LogP contribution is 2.09. The predicted molar refractivity (Wildman–Crippen MR) is 71.6 cm³/mol. The molecule has 96 valence electrons. The molecule has 1 fully saturated rings. The zero-order chi connectivity index (χ0) is 12.6. The predicted octanol–water partition coefficient (Wildman–Crippen LogP) is 0.737. The minimum absolute atomic E-state index is 0.652. The van der Waals surface area contributed by atoms with Gasteiger partial charge in [-0.25, -0.2) is 0 Å². The SMILES string of the molecule is CCOc1cncc(C#CCN2CCNCC2)c1. The van der Waals surface area contributed by atoms with E-state index in [0.717, 1.165) is 44.0 Å². The molecular weight excluding hydrogens is 226 g/mol. The second kappa shape index (κ2) is 7.00. The zero-order valence-corrected chi connectivity index (χ0v) is 10.8. The van der Waals surface area contributed by atoms with E-state index in [1.165, 1.54) is 0 Å². The molecule has 18 heavy (non-hydrogen) atoms. The summed E-state index contributed by atoms with van der Waals surface area (Å²) in [6.45, 7) is 7.70. The lowest BCUT2D eigenvalue weighted by molar-refractivity contribution is 0.268. The summed E-state index contributed by atoms with van der Waals surface area (Å²) in [5, 5.41) is 3.33. The molecule has 1 aliphatic heterocycles. The van der Waals surface area contributed by atoms with Gasteiger partial charge >= 0.3 is 0 Å². The van der Waals surface area contributed by atoms with Gasteiger partial charge in [-0.3, -0.25) is 9.88 Å². The van der Waals surface area contributed by atoms with E-state index in [0.29, 0.717) is 6.61 Å². The number of hydrogen-bond donors (Lipinski definition) is 1. The summed E-state index contributed by atoms with van der Waals surface area (Å²) in [6, 6.07) is 1.93. The van der Waals surface area contributed by atoms with Crippen LogP contribution in [0.25, 0.3) is 0 Å². The van der Waals surface area contributed by atoms with Crippen molar-refractivity contribution in [2.45, 2.75) is 6.92 Å². The van der Waals surface area contributed by atoms with Crippen molar-refractivity contribution in [3.8, 4) is 17.6 Å². The Kier molecular flexibility index (Phi) is 5.00. The van der Waals surface area contributed by atoms with Gasteiger partial charge < -0.3 is 10.1 Å². The average Bonchev–Trinajstić information content (AvgIpc) is 2.41. The van der Waals surface area contributed by atoms with E-state index in [4.69, 9.17) is 4.74 Å². The molecule has 1 aromatic rings. The van der Waals surface area contributed by atoms with Crippen molar-refractivity contribution >= 4 is 0 Å². The second-order valence-electron chi connectivity index (χ2n) is 4.17. The fourth-order valence-corrected chi connectivity index (χ4v) is 1.86. The highest BCUT2D eigenvalue weighted by atomic mass is 16.5. The molecule has 0 bridgehead atoms. The van der Waals surface area contributed by atoms with Gasteiger partial charge in [-0.1, -0.05) is 11.8 Å². The lowest BCUT2D eigenvalue weighted by Crippen LogP contribution is -2.43. The molecule has 0 unspecified atom stereocenters. The molecule has 1 N–H and O–H groups in total. The third kappa shape index (κ3) is 4.02. The van der Waals surface area contributed by atoms with Crippen molar-refractivity contribution in [2.75, 3.05) is 39.3 Å². The monoisotopic (exact) mass is 245 g/mol. The van der Waals surface area contributed by atoms with Gasteiger partial charge in [0.05, 0.1) is 19.3 Å². The summed E-state index contributed by atoms with van der Waals surface area (Å²) in [6.07, 6.45) is 3.48. The summed E-state index contributed by atoms with van der Waals surface area (Å²) < 4.78 is 5.39. The highest BCUT2D eigenvalue weighted by Gasteiger charge is 2.06. The van der Waals surface area contributed by atoms with Crippen LogP contribution in [-0.2, 0) is 0 Å². The summed E-state index contributed by atoms with van der Waals surface area (Å²) >= 11 is 0. The largest absolute Gasteiger partial charge is 0.492 e. The van der Waals surface area contributed by atoms with Crippen molar-refractivity contribution < 1.29 is 4.74 Å². The molecule has 0 radical (unpaired) electrons. The van der Waals surface area contributed by atoms with Crippen LogP contribution in [0.4, 0.5) is 0 Å².